The van der Waals surface area contributed by atoms with Gasteiger partial charge in [-0.15, -0.1) is 0 Å². The minimum atomic E-state index is -2.15. The predicted molar refractivity (Wildman–Crippen MR) is 181 cm³/mol. The third-order valence-electron chi connectivity index (χ3n) is 10.8. The van der Waals surface area contributed by atoms with Crippen LogP contribution in [0, 0.1) is 17.3 Å². The first-order chi connectivity index (χ1) is 23.2. The van der Waals surface area contributed by atoms with Crippen LogP contribution in [0.15, 0.2) is 65.2 Å². The molecule has 6 bridgehead atoms. The van der Waals surface area contributed by atoms with Crippen molar-refractivity contribution in [1.82, 2.24) is 10.6 Å². The number of Topliss-reactive ketones (excluding diaryl/α,β-unsaturated/α-hetero) is 2. The molecule has 1 aromatic carbocycles. The molecule has 13 heteroatoms. The number of nitrogens with one attached hydrogen (secondary N) is 2. The van der Waals surface area contributed by atoms with Crippen LogP contribution in [0.5, 0.6) is 5.75 Å². The summed E-state index contributed by atoms with van der Waals surface area (Å²) in [5, 5.41) is 62.9. The minimum absolute atomic E-state index is 0.0434. The highest BCUT2D eigenvalue weighted by molar-refractivity contribution is 8.76. The fraction of sp³-hybridized carbons (Fsp3) is 0.543. The number of aliphatic hydroxyl groups is 5. The van der Waals surface area contributed by atoms with Gasteiger partial charge in [-0.2, -0.15) is 0 Å². The van der Waals surface area contributed by atoms with E-state index in [4.69, 9.17) is 9.47 Å². The largest absolute Gasteiger partial charge is 0.511 e. The van der Waals surface area contributed by atoms with E-state index < -0.39 is 53.9 Å². The number of benzene rings is 1. The molecule has 48 heavy (non-hydrogen) atoms. The van der Waals surface area contributed by atoms with Gasteiger partial charge in [-0.25, -0.2) is 0 Å². The summed E-state index contributed by atoms with van der Waals surface area (Å²) in [5.74, 6) is -0.427. The van der Waals surface area contributed by atoms with Gasteiger partial charge in [-0.1, -0.05) is 65.1 Å². The zero-order chi connectivity index (χ0) is 33.6. The lowest BCUT2D eigenvalue weighted by Gasteiger charge is -2.48. The molecule has 0 radical (unpaired) electrons. The van der Waals surface area contributed by atoms with Crippen LogP contribution in [-0.4, -0.2) is 92.1 Å². The van der Waals surface area contributed by atoms with E-state index in [9.17, 15) is 35.1 Å². The predicted octanol–water partition coefficient (Wildman–Crippen LogP) is 3.27. The van der Waals surface area contributed by atoms with Crippen LogP contribution in [0.1, 0.15) is 65.7 Å². The summed E-state index contributed by atoms with van der Waals surface area (Å²) in [6, 6.07) is 4.62. The van der Waals surface area contributed by atoms with Gasteiger partial charge < -0.3 is 45.6 Å². The smallest absolute Gasteiger partial charge is 0.229 e. The van der Waals surface area contributed by atoms with Crippen molar-refractivity contribution in [2.75, 3.05) is 24.8 Å². The van der Waals surface area contributed by atoms with Crippen molar-refractivity contribution < 1.29 is 44.6 Å². The minimum Gasteiger partial charge on any atom is -0.511 e. The summed E-state index contributed by atoms with van der Waals surface area (Å²) in [6.45, 7) is -0.145. The second kappa shape index (κ2) is 13.5. The van der Waals surface area contributed by atoms with Crippen molar-refractivity contribution in [2.45, 2.75) is 75.1 Å². The molecule has 1 saturated heterocycles. The summed E-state index contributed by atoms with van der Waals surface area (Å²) in [6.07, 6.45) is 6.51. The summed E-state index contributed by atoms with van der Waals surface area (Å²) in [7, 11) is 2.86. The van der Waals surface area contributed by atoms with Gasteiger partial charge >= 0.3 is 0 Å². The van der Waals surface area contributed by atoms with Gasteiger partial charge in [-0.05, 0) is 61.0 Å². The zero-order valence-electron chi connectivity index (χ0n) is 26.5. The molecule has 7 rings (SSSR count). The third kappa shape index (κ3) is 5.70. The molecule has 7 unspecified atom stereocenters. The first kappa shape index (κ1) is 33.7. The Morgan fingerprint density at radius 3 is 2.62 bits per heavy atom. The maximum atomic E-state index is 14.9. The molecule has 11 nitrogen and oxygen atoms in total. The summed E-state index contributed by atoms with van der Waals surface area (Å²) in [4.78, 5) is 29.3. The molecule has 2 fully saturated rings. The van der Waals surface area contributed by atoms with Crippen LogP contribution in [0.25, 0.3) is 0 Å². The number of carbonyl (C=O) groups excluding carboxylic acids is 2. The topological polar surface area (TPSA) is 178 Å². The van der Waals surface area contributed by atoms with E-state index >= 15 is 0 Å². The Morgan fingerprint density at radius 1 is 1.02 bits per heavy atom. The number of rotatable bonds is 2. The van der Waals surface area contributed by atoms with Crippen LogP contribution in [-0.2, 0) is 4.74 Å². The molecule has 7 atom stereocenters. The lowest BCUT2D eigenvalue weighted by atomic mass is 9.59. The van der Waals surface area contributed by atoms with Crippen molar-refractivity contribution in [1.29, 1.82) is 0 Å². The van der Waals surface area contributed by atoms with Crippen LogP contribution >= 0.6 is 21.6 Å². The van der Waals surface area contributed by atoms with Crippen molar-refractivity contribution in [3.63, 3.8) is 0 Å². The fourth-order valence-electron chi connectivity index (χ4n) is 7.98. The normalized spacial score (nSPS) is 36.0. The average Bonchev–Trinajstić information content (AvgIpc) is 3.10. The van der Waals surface area contributed by atoms with Crippen molar-refractivity contribution in [3.05, 3.63) is 76.4 Å². The molecule has 6 aliphatic rings. The van der Waals surface area contributed by atoms with Gasteiger partial charge in [0, 0.05) is 17.9 Å². The van der Waals surface area contributed by atoms with E-state index in [1.165, 1.54) is 27.7 Å². The van der Waals surface area contributed by atoms with Crippen LogP contribution in [0.2, 0.25) is 0 Å². The van der Waals surface area contributed by atoms with Gasteiger partial charge in [0.25, 0.3) is 0 Å². The van der Waals surface area contributed by atoms with E-state index in [0.29, 0.717) is 18.8 Å². The maximum Gasteiger partial charge on any atom is 0.229 e. The standard InChI is InChI=1S/C35H42N2O9S2/c38-16-25-30(41)35(44)11-9-19-10-12-36-27(13-19)37-18-48-47-17-34-23(14-21(15-26(34)39)20-5-2-1-3-6-20)29(40)22-7-4-8-24(28(22)31(34)42)45-33(46-25)32(35)43/h4,7-8,10,13-15,20,23,25,30,32-33,36-39,41,43-44H,1-3,5-6,9,11-12,16-18H2. The SMILES string of the molecule is O=C1c2cccc3c2C(=O)C2(CSSCNC4=CC(=CCN4)CCC4(O)C(O)C(CO)OC(O3)C4O)C(O)=CC(C3CCCCC3)=CC12. The lowest BCUT2D eigenvalue weighted by molar-refractivity contribution is -0.315. The number of fused-ring (bicyclic) bond motifs is 3. The molecule has 1 spiro atoms. The van der Waals surface area contributed by atoms with Crippen molar-refractivity contribution in [2.24, 2.45) is 17.3 Å². The van der Waals surface area contributed by atoms with Crippen molar-refractivity contribution >= 4 is 33.2 Å². The fourth-order valence-corrected chi connectivity index (χ4v) is 10.2. The van der Waals surface area contributed by atoms with Gasteiger partial charge in [-0.3, -0.25) is 9.59 Å². The number of dihydropyridines is 1. The third-order valence-corrected chi connectivity index (χ3v) is 13.0. The number of aliphatic hydroxyl groups excluding tert-OH is 4. The Morgan fingerprint density at radius 2 is 1.83 bits per heavy atom. The quantitative estimate of drug-likeness (QED) is 0.224. The molecule has 3 aliphatic heterocycles. The van der Waals surface area contributed by atoms with E-state index in [2.05, 4.69) is 10.6 Å². The monoisotopic (exact) mass is 698 g/mol. The molecule has 7 N–H and O–H groups in total. The second-order valence-corrected chi connectivity index (χ2v) is 16.0. The highest BCUT2D eigenvalue weighted by atomic mass is 33.1. The number of allylic oxidation sites excluding steroid dienone is 6. The second-order valence-electron chi connectivity index (χ2n) is 13.5. The molecule has 3 aliphatic carbocycles. The molecule has 3 heterocycles. The molecule has 1 aromatic rings. The van der Waals surface area contributed by atoms with Crippen LogP contribution in [0.4, 0.5) is 0 Å². The van der Waals surface area contributed by atoms with Gasteiger partial charge in [0.05, 0.1) is 29.8 Å². The Labute approximate surface area is 286 Å². The number of ketones is 2. The lowest BCUT2D eigenvalue weighted by Crippen LogP contribution is -2.68. The van der Waals surface area contributed by atoms with Gasteiger partial charge in [0.2, 0.25) is 6.29 Å². The van der Waals surface area contributed by atoms with Crippen molar-refractivity contribution in [3.8, 4) is 5.75 Å². The number of hydrogen-bond acceptors (Lipinski definition) is 13. The van der Waals surface area contributed by atoms with Gasteiger partial charge in [0.1, 0.15) is 40.8 Å². The van der Waals surface area contributed by atoms with Gasteiger partial charge in [0.15, 0.2) is 11.6 Å². The van der Waals surface area contributed by atoms with E-state index in [0.717, 1.165) is 49.1 Å². The van der Waals surface area contributed by atoms with Crippen LogP contribution in [0.3, 0.4) is 0 Å². The Kier molecular flexibility index (Phi) is 9.48. The van der Waals surface area contributed by atoms with E-state index in [1.807, 2.05) is 18.2 Å². The number of ether oxygens (including phenoxy) is 2. The number of carbonyl (C=O) groups is 2. The first-order valence-electron chi connectivity index (χ1n) is 16.7. The highest BCUT2D eigenvalue weighted by Gasteiger charge is 2.59. The molecule has 1 saturated carbocycles. The molecule has 0 aromatic heterocycles. The summed E-state index contributed by atoms with van der Waals surface area (Å²) >= 11 is 0. The molecular weight excluding hydrogens is 657 g/mol. The van der Waals surface area contributed by atoms with E-state index in [-0.39, 0.29) is 46.5 Å². The average molecular weight is 699 g/mol. The first-order valence-corrected chi connectivity index (χ1v) is 19.2. The highest BCUT2D eigenvalue weighted by Crippen LogP contribution is 2.54. The van der Waals surface area contributed by atoms with Crippen LogP contribution < -0.4 is 15.4 Å². The maximum absolute atomic E-state index is 14.9. The summed E-state index contributed by atoms with van der Waals surface area (Å²) in [5.41, 5.74) is -1.88. The number of hydrogen-bond donors (Lipinski definition) is 7. The molecule has 258 valence electrons. The Bertz CT molecular complexity index is 1590. The Balaban J connectivity index is 1.32. The van der Waals surface area contributed by atoms with E-state index in [1.54, 1.807) is 18.2 Å². The molecular formula is C35H42N2O9S2. The zero-order valence-corrected chi connectivity index (χ0v) is 28.1. The Hall–Kier alpha value is -2.78. The summed E-state index contributed by atoms with van der Waals surface area (Å²) < 4.78 is 11.9. The molecule has 0 amide bonds.